The molecule has 1 aliphatic heterocycles. The van der Waals surface area contributed by atoms with Crippen LogP contribution in [0.1, 0.15) is 11.1 Å². The number of nitrogens with zero attached hydrogens (tertiary/aromatic N) is 2. The van der Waals surface area contributed by atoms with Crippen LogP contribution in [0.4, 0.5) is 0 Å². The minimum absolute atomic E-state index is 0.0937. The molecular formula is C23H20N2O2S. The molecule has 4 rings (SSSR count). The number of carbonyl (C=O) groups is 1. The predicted octanol–water partition coefficient (Wildman–Crippen LogP) is 4.45. The quantitative estimate of drug-likeness (QED) is 0.488. The van der Waals surface area contributed by atoms with E-state index >= 15 is 0 Å². The number of hydrogen-bond acceptors (Lipinski definition) is 3. The number of ether oxygens (including phenoxy) is 1. The minimum atomic E-state index is -0.0937. The van der Waals surface area contributed by atoms with E-state index in [1.54, 1.807) is 19.0 Å². The molecule has 28 heavy (non-hydrogen) atoms. The molecule has 1 aliphatic rings. The van der Waals surface area contributed by atoms with Gasteiger partial charge in [0.1, 0.15) is 18.1 Å². The van der Waals surface area contributed by atoms with Gasteiger partial charge in [-0.2, -0.15) is 0 Å². The lowest BCUT2D eigenvalue weighted by Gasteiger charge is -2.11. The lowest BCUT2D eigenvalue weighted by molar-refractivity contribution is -0.121. The molecule has 0 saturated carbocycles. The Balaban J connectivity index is 1.49. The summed E-state index contributed by atoms with van der Waals surface area (Å²) in [6, 6.07) is 22.2. The molecule has 0 aromatic heterocycles. The van der Waals surface area contributed by atoms with Gasteiger partial charge < -0.3 is 9.64 Å². The maximum absolute atomic E-state index is 12.3. The Morgan fingerprint density at radius 1 is 0.929 bits per heavy atom. The zero-order chi connectivity index (χ0) is 19.7. The summed E-state index contributed by atoms with van der Waals surface area (Å²) in [6.45, 7) is 0.502. The molecule has 0 spiro atoms. The number of amides is 1. The third-order valence-electron chi connectivity index (χ3n) is 4.92. The summed E-state index contributed by atoms with van der Waals surface area (Å²) in [5.41, 5.74) is 2.64. The Morgan fingerprint density at radius 2 is 1.64 bits per heavy atom. The van der Waals surface area contributed by atoms with Crippen LogP contribution in [-0.2, 0) is 11.4 Å². The summed E-state index contributed by atoms with van der Waals surface area (Å²) in [5, 5.41) is 2.92. The van der Waals surface area contributed by atoms with E-state index in [2.05, 4.69) is 24.3 Å². The molecule has 0 aliphatic carbocycles. The molecule has 1 heterocycles. The zero-order valence-electron chi connectivity index (χ0n) is 15.8. The molecule has 1 saturated heterocycles. The van der Waals surface area contributed by atoms with Crippen molar-refractivity contribution >= 4 is 40.1 Å². The fourth-order valence-electron chi connectivity index (χ4n) is 3.29. The van der Waals surface area contributed by atoms with Crippen LogP contribution in [0.15, 0.2) is 72.4 Å². The molecule has 1 amide bonds. The van der Waals surface area contributed by atoms with Gasteiger partial charge in [-0.3, -0.25) is 9.69 Å². The zero-order valence-corrected chi connectivity index (χ0v) is 16.6. The van der Waals surface area contributed by atoms with Crippen molar-refractivity contribution in [2.45, 2.75) is 6.61 Å². The van der Waals surface area contributed by atoms with Crippen molar-refractivity contribution in [1.29, 1.82) is 0 Å². The van der Waals surface area contributed by atoms with Gasteiger partial charge in [0.25, 0.3) is 5.91 Å². The Bertz CT molecular complexity index is 1080. The van der Waals surface area contributed by atoms with Crippen molar-refractivity contribution in [3.8, 4) is 5.75 Å². The summed E-state index contributed by atoms with van der Waals surface area (Å²) in [5.74, 6) is 0.692. The normalized spacial score (nSPS) is 15.7. The summed E-state index contributed by atoms with van der Waals surface area (Å²) in [7, 11) is 3.49. The molecule has 140 valence electrons. The largest absolute Gasteiger partial charge is 0.489 e. The Labute approximate surface area is 169 Å². The van der Waals surface area contributed by atoms with E-state index in [0.29, 0.717) is 17.4 Å². The predicted molar refractivity (Wildman–Crippen MR) is 116 cm³/mol. The van der Waals surface area contributed by atoms with Gasteiger partial charge in [-0.25, -0.2) is 0 Å². The maximum Gasteiger partial charge on any atom is 0.276 e. The van der Waals surface area contributed by atoms with E-state index in [1.807, 2.05) is 48.5 Å². The third kappa shape index (κ3) is 3.37. The van der Waals surface area contributed by atoms with Crippen molar-refractivity contribution in [2.75, 3.05) is 14.1 Å². The van der Waals surface area contributed by atoms with Gasteiger partial charge >= 0.3 is 0 Å². The SMILES string of the molecule is CN1C(=O)/C(=C\c2ccc(OCc3cccc4ccccc34)cc2)N(C)C1=S. The van der Waals surface area contributed by atoms with E-state index in [1.165, 1.54) is 15.7 Å². The lowest BCUT2D eigenvalue weighted by Crippen LogP contribution is -2.26. The van der Waals surface area contributed by atoms with Crippen molar-refractivity contribution in [2.24, 2.45) is 0 Å². The first-order chi connectivity index (χ1) is 13.5. The van der Waals surface area contributed by atoms with Crippen molar-refractivity contribution in [1.82, 2.24) is 9.80 Å². The fraction of sp³-hybridized carbons (Fsp3) is 0.130. The minimum Gasteiger partial charge on any atom is -0.489 e. The van der Waals surface area contributed by atoms with E-state index in [-0.39, 0.29) is 5.91 Å². The lowest BCUT2D eigenvalue weighted by atomic mass is 10.1. The summed E-state index contributed by atoms with van der Waals surface area (Å²) < 4.78 is 5.97. The highest BCUT2D eigenvalue weighted by atomic mass is 32.1. The smallest absolute Gasteiger partial charge is 0.276 e. The standard InChI is InChI=1S/C23H20N2O2S/c1-24-21(22(26)25(2)23(24)28)14-16-10-12-19(13-11-16)27-15-18-8-5-7-17-6-3-4-9-20(17)18/h3-14H,15H2,1-2H3/b21-14+. The van der Waals surface area contributed by atoms with Crippen LogP contribution >= 0.6 is 12.2 Å². The maximum atomic E-state index is 12.3. The highest BCUT2D eigenvalue weighted by Crippen LogP contribution is 2.23. The van der Waals surface area contributed by atoms with Crippen LogP contribution in [0.5, 0.6) is 5.75 Å². The van der Waals surface area contributed by atoms with Crippen LogP contribution in [0.2, 0.25) is 0 Å². The van der Waals surface area contributed by atoms with Crippen molar-refractivity contribution in [3.05, 3.63) is 83.6 Å². The first-order valence-electron chi connectivity index (χ1n) is 9.01. The van der Waals surface area contributed by atoms with Gasteiger partial charge in [0.2, 0.25) is 0 Å². The molecular weight excluding hydrogens is 368 g/mol. The Hall–Kier alpha value is -3.18. The monoisotopic (exact) mass is 388 g/mol. The number of likely N-dealkylation sites (N-methyl/N-ethyl adjacent to an activating group) is 2. The van der Waals surface area contributed by atoms with Gasteiger partial charge in [-0.15, -0.1) is 0 Å². The average Bonchev–Trinajstić information content (AvgIpc) is 2.91. The van der Waals surface area contributed by atoms with E-state index in [4.69, 9.17) is 17.0 Å². The van der Waals surface area contributed by atoms with Crippen LogP contribution in [0.3, 0.4) is 0 Å². The van der Waals surface area contributed by atoms with Gasteiger partial charge in [-0.1, -0.05) is 54.6 Å². The van der Waals surface area contributed by atoms with Crippen molar-refractivity contribution in [3.63, 3.8) is 0 Å². The second-order valence-electron chi connectivity index (χ2n) is 6.73. The van der Waals surface area contributed by atoms with Crippen LogP contribution in [-0.4, -0.2) is 34.9 Å². The third-order valence-corrected chi connectivity index (χ3v) is 5.46. The number of rotatable bonds is 4. The van der Waals surface area contributed by atoms with Crippen LogP contribution in [0, 0.1) is 0 Å². The number of benzene rings is 3. The molecule has 0 atom stereocenters. The van der Waals surface area contributed by atoms with E-state index in [9.17, 15) is 4.79 Å². The summed E-state index contributed by atoms with van der Waals surface area (Å²) >= 11 is 5.24. The number of fused-ring (bicyclic) bond motifs is 1. The molecule has 1 fully saturated rings. The molecule has 0 bridgehead atoms. The molecule has 3 aromatic rings. The van der Waals surface area contributed by atoms with Crippen molar-refractivity contribution < 1.29 is 9.53 Å². The highest BCUT2D eigenvalue weighted by Gasteiger charge is 2.32. The van der Waals surface area contributed by atoms with Gasteiger partial charge in [0, 0.05) is 14.1 Å². The molecule has 0 N–H and O–H groups in total. The number of carbonyl (C=O) groups excluding carboxylic acids is 1. The van der Waals surface area contributed by atoms with E-state index < -0.39 is 0 Å². The van der Waals surface area contributed by atoms with Gasteiger partial charge in [0.15, 0.2) is 5.11 Å². The summed E-state index contributed by atoms with van der Waals surface area (Å²) in [6.07, 6.45) is 1.84. The fourth-order valence-corrected chi connectivity index (χ4v) is 3.47. The molecule has 4 nitrogen and oxygen atoms in total. The first-order valence-corrected chi connectivity index (χ1v) is 9.42. The van der Waals surface area contributed by atoms with Gasteiger partial charge in [0.05, 0.1) is 0 Å². The second kappa shape index (κ2) is 7.44. The van der Waals surface area contributed by atoms with Crippen LogP contribution in [0.25, 0.3) is 16.8 Å². The summed E-state index contributed by atoms with van der Waals surface area (Å²) in [4.78, 5) is 15.5. The molecule has 0 radical (unpaired) electrons. The average molecular weight is 388 g/mol. The van der Waals surface area contributed by atoms with Crippen LogP contribution < -0.4 is 4.74 Å². The second-order valence-corrected chi connectivity index (χ2v) is 7.10. The Morgan fingerprint density at radius 3 is 2.36 bits per heavy atom. The highest BCUT2D eigenvalue weighted by molar-refractivity contribution is 7.80. The number of thiocarbonyl (C=S) groups is 1. The topological polar surface area (TPSA) is 32.8 Å². The van der Waals surface area contributed by atoms with E-state index in [0.717, 1.165) is 16.9 Å². The molecule has 5 heteroatoms. The molecule has 3 aromatic carbocycles. The molecule has 0 unspecified atom stereocenters. The first kappa shape index (κ1) is 18.2. The number of hydrogen-bond donors (Lipinski definition) is 0. The van der Waals surface area contributed by atoms with Gasteiger partial charge in [-0.05, 0) is 52.3 Å². The Kier molecular flexibility index (Phi) is 4.84.